The molecular formula is C16H30O. The van der Waals surface area contributed by atoms with Gasteiger partial charge in [-0.05, 0) is 35.8 Å². The molecule has 0 unspecified atom stereocenters. The first-order valence-corrected chi connectivity index (χ1v) is 6.78. The smallest absolute Gasteiger partial charge is 0.0861 e. The number of hydrogen-bond donors (Lipinski definition) is 0. The molecule has 1 nitrogen and oxygen atoms in total. The van der Waals surface area contributed by atoms with Crippen LogP contribution in [-0.4, -0.2) is 0 Å². The van der Waals surface area contributed by atoms with Gasteiger partial charge in [0.05, 0.1) is 12.5 Å². The molecule has 0 fully saturated rings. The third kappa shape index (κ3) is 9.02. The van der Waals surface area contributed by atoms with Crippen LogP contribution >= 0.6 is 0 Å². The summed E-state index contributed by atoms with van der Waals surface area (Å²) in [5.41, 5.74) is 0.765. The third-order valence-corrected chi connectivity index (χ3v) is 3.60. The van der Waals surface area contributed by atoms with Crippen molar-refractivity contribution in [1.29, 1.82) is 0 Å². The van der Waals surface area contributed by atoms with Gasteiger partial charge in [0.25, 0.3) is 0 Å². The molecule has 100 valence electrons. The SMILES string of the molecule is CCC(C)(C)CC=COC=CCC(C)(C)CC. The quantitative estimate of drug-likeness (QED) is 0.494. The minimum absolute atomic E-state index is 0.383. The van der Waals surface area contributed by atoms with Crippen molar-refractivity contribution in [2.75, 3.05) is 0 Å². The summed E-state index contributed by atoms with van der Waals surface area (Å²) in [4.78, 5) is 0. The van der Waals surface area contributed by atoms with Crippen LogP contribution in [0.5, 0.6) is 0 Å². The highest BCUT2D eigenvalue weighted by atomic mass is 16.5. The molecule has 0 aromatic carbocycles. The zero-order chi connectivity index (χ0) is 13.4. The molecule has 0 saturated carbocycles. The van der Waals surface area contributed by atoms with E-state index < -0.39 is 0 Å². The van der Waals surface area contributed by atoms with Gasteiger partial charge < -0.3 is 4.74 Å². The van der Waals surface area contributed by atoms with E-state index in [-0.39, 0.29) is 0 Å². The van der Waals surface area contributed by atoms with Crippen molar-refractivity contribution in [3.05, 3.63) is 24.7 Å². The Morgan fingerprint density at radius 2 is 1.12 bits per heavy atom. The van der Waals surface area contributed by atoms with Gasteiger partial charge in [-0.2, -0.15) is 0 Å². The normalized spacial score (nSPS) is 13.8. The van der Waals surface area contributed by atoms with Crippen molar-refractivity contribution in [2.45, 2.75) is 67.2 Å². The second-order valence-corrected chi connectivity index (χ2v) is 6.32. The molecule has 0 aromatic rings. The Morgan fingerprint density at radius 3 is 1.41 bits per heavy atom. The fourth-order valence-electron chi connectivity index (χ4n) is 1.18. The summed E-state index contributed by atoms with van der Waals surface area (Å²) in [6, 6.07) is 0. The largest absolute Gasteiger partial charge is 0.473 e. The van der Waals surface area contributed by atoms with Gasteiger partial charge in [-0.3, -0.25) is 0 Å². The molecule has 0 atom stereocenters. The number of ether oxygens (including phenoxy) is 1. The van der Waals surface area contributed by atoms with E-state index in [0.717, 1.165) is 12.8 Å². The van der Waals surface area contributed by atoms with Crippen molar-refractivity contribution < 1.29 is 4.74 Å². The van der Waals surface area contributed by atoms with Crippen LogP contribution in [0, 0.1) is 10.8 Å². The van der Waals surface area contributed by atoms with E-state index in [4.69, 9.17) is 4.74 Å². The molecule has 0 rings (SSSR count). The Bertz CT molecular complexity index is 220. The van der Waals surface area contributed by atoms with E-state index in [2.05, 4.69) is 53.7 Å². The summed E-state index contributed by atoms with van der Waals surface area (Å²) < 4.78 is 5.35. The zero-order valence-electron chi connectivity index (χ0n) is 12.5. The Labute approximate surface area is 108 Å². The van der Waals surface area contributed by atoms with Crippen molar-refractivity contribution in [2.24, 2.45) is 10.8 Å². The molecule has 0 spiro atoms. The van der Waals surface area contributed by atoms with Gasteiger partial charge in [0.2, 0.25) is 0 Å². The molecule has 0 saturated heterocycles. The minimum atomic E-state index is 0.383. The van der Waals surface area contributed by atoms with Crippen LogP contribution in [0.25, 0.3) is 0 Å². The standard InChI is InChI=1S/C16H30O/c1-7-15(3,4)11-9-13-17-14-10-12-16(5,6)8-2/h9-10,13-14H,7-8,11-12H2,1-6H3. The van der Waals surface area contributed by atoms with E-state index in [1.54, 1.807) is 12.5 Å². The fourth-order valence-corrected chi connectivity index (χ4v) is 1.18. The molecular weight excluding hydrogens is 208 g/mol. The fraction of sp³-hybridized carbons (Fsp3) is 0.750. The highest BCUT2D eigenvalue weighted by Crippen LogP contribution is 2.25. The van der Waals surface area contributed by atoms with E-state index >= 15 is 0 Å². The van der Waals surface area contributed by atoms with Crippen LogP contribution in [0.3, 0.4) is 0 Å². The molecule has 0 amide bonds. The Balaban J connectivity index is 3.77. The maximum atomic E-state index is 5.35. The average Bonchev–Trinajstić information content (AvgIpc) is 2.27. The van der Waals surface area contributed by atoms with Crippen molar-refractivity contribution in [3.8, 4) is 0 Å². The van der Waals surface area contributed by atoms with E-state index in [0.29, 0.717) is 10.8 Å². The van der Waals surface area contributed by atoms with Crippen LogP contribution < -0.4 is 0 Å². The second kappa shape index (κ2) is 7.58. The lowest BCUT2D eigenvalue weighted by Crippen LogP contribution is -2.07. The predicted molar refractivity (Wildman–Crippen MR) is 76.7 cm³/mol. The lowest BCUT2D eigenvalue weighted by molar-refractivity contribution is 0.338. The van der Waals surface area contributed by atoms with Crippen LogP contribution in [0.2, 0.25) is 0 Å². The van der Waals surface area contributed by atoms with Crippen LogP contribution in [0.4, 0.5) is 0 Å². The molecule has 1 heteroatoms. The third-order valence-electron chi connectivity index (χ3n) is 3.60. The molecule has 0 bridgehead atoms. The summed E-state index contributed by atoms with van der Waals surface area (Å²) in [6.45, 7) is 13.5. The van der Waals surface area contributed by atoms with E-state index in [1.165, 1.54) is 12.8 Å². The van der Waals surface area contributed by atoms with Gasteiger partial charge >= 0.3 is 0 Å². The van der Waals surface area contributed by atoms with Crippen LogP contribution in [-0.2, 0) is 4.74 Å². The first-order chi connectivity index (χ1) is 7.83. The Hall–Kier alpha value is -0.720. The number of allylic oxidation sites excluding steroid dienone is 2. The van der Waals surface area contributed by atoms with Gasteiger partial charge in [0.15, 0.2) is 0 Å². The van der Waals surface area contributed by atoms with Gasteiger partial charge in [0, 0.05) is 0 Å². The van der Waals surface area contributed by atoms with Crippen molar-refractivity contribution in [3.63, 3.8) is 0 Å². The summed E-state index contributed by atoms with van der Waals surface area (Å²) >= 11 is 0. The number of hydrogen-bond acceptors (Lipinski definition) is 1. The molecule has 0 heterocycles. The van der Waals surface area contributed by atoms with Gasteiger partial charge in [-0.15, -0.1) is 0 Å². The molecule has 0 aliphatic heterocycles. The average molecular weight is 238 g/mol. The lowest BCUT2D eigenvalue weighted by Gasteiger charge is -2.19. The monoisotopic (exact) mass is 238 g/mol. The molecule has 0 N–H and O–H groups in total. The first kappa shape index (κ1) is 16.3. The maximum absolute atomic E-state index is 5.35. The zero-order valence-corrected chi connectivity index (χ0v) is 12.5. The predicted octanol–water partition coefficient (Wildman–Crippen LogP) is 5.68. The minimum Gasteiger partial charge on any atom is -0.473 e. The van der Waals surface area contributed by atoms with E-state index in [9.17, 15) is 0 Å². The summed E-state index contributed by atoms with van der Waals surface area (Å²) in [7, 11) is 0. The van der Waals surface area contributed by atoms with Crippen molar-refractivity contribution >= 4 is 0 Å². The molecule has 0 radical (unpaired) electrons. The molecule has 0 aliphatic rings. The highest BCUT2D eigenvalue weighted by molar-refractivity contribution is 4.86. The highest BCUT2D eigenvalue weighted by Gasteiger charge is 2.12. The van der Waals surface area contributed by atoms with E-state index in [1.807, 2.05) is 0 Å². The maximum Gasteiger partial charge on any atom is 0.0861 e. The summed E-state index contributed by atoms with van der Waals surface area (Å²) in [5, 5.41) is 0. The molecule has 0 aromatic heterocycles. The molecule has 0 aliphatic carbocycles. The van der Waals surface area contributed by atoms with Gasteiger partial charge in [-0.25, -0.2) is 0 Å². The summed E-state index contributed by atoms with van der Waals surface area (Å²) in [6.07, 6.45) is 12.3. The topological polar surface area (TPSA) is 9.23 Å². The lowest BCUT2D eigenvalue weighted by atomic mass is 9.87. The second-order valence-electron chi connectivity index (χ2n) is 6.32. The van der Waals surface area contributed by atoms with Gasteiger partial charge in [-0.1, -0.05) is 54.4 Å². The number of rotatable bonds is 8. The Morgan fingerprint density at radius 1 is 0.765 bits per heavy atom. The Kier molecular flexibility index (Phi) is 7.26. The van der Waals surface area contributed by atoms with Crippen molar-refractivity contribution in [1.82, 2.24) is 0 Å². The first-order valence-electron chi connectivity index (χ1n) is 6.78. The van der Waals surface area contributed by atoms with Gasteiger partial charge in [0.1, 0.15) is 0 Å². The van der Waals surface area contributed by atoms with Crippen LogP contribution in [0.15, 0.2) is 24.7 Å². The van der Waals surface area contributed by atoms with Crippen LogP contribution in [0.1, 0.15) is 67.2 Å². The summed E-state index contributed by atoms with van der Waals surface area (Å²) in [5.74, 6) is 0. The molecule has 17 heavy (non-hydrogen) atoms.